The van der Waals surface area contributed by atoms with Crippen LogP contribution >= 0.6 is 0 Å². The maximum atomic E-state index is 11.3. The highest BCUT2D eigenvalue weighted by Crippen LogP contribution is 2.15. The standard InChI is InChI=1S/C11H20O2/c1-6-13-11(12)10(5)9(4)7-8(2)3/h8H,6-7H2,1-5H3. The third-order valence-electron chi connectivity index (χ3n) is 1.94. The van der Waals surface area contributed by atoms with E-state index in [1.165, 1.54) is 0 Å². The lowest BCUT2D eigenvalue weighted by molar-refractivity contribution is -0.138. The smallest absolute Gasteiger partial charge is 0.333 e. The van der Waals surface area contributed by atoms with Crippen LogP contribution in [0.25, 0.3) is 0 Å². The molecule has 0 unspecified atom stereocenters. The number of ether oxygens (including phenoxy) is 1. The maximum Gasteiger partial charge on any atom is 0.333 e. The summed E-state index contributed by atoms with van der Waals surface area (Å²) in [6.07, 6.45) is 0.963. The van der Waals surface area contributed by atoms with Gasteiger partial charge in [-0.15, -0.1) is 0 Å². The van der Waals surface area contributed by atoms with Crippen molar-refractivity contribution < 1.29 is 9.53 Å². The average Bonchev–Trinajstić information content (AvgIpc) is 2.02. The molecule has 0 aromatic rings. The molecule has 0 bridgehead atoms. The molecule has 76 valence electrons. The van der Waals surface area contributed by atoms with Gasteiger partial charge < -0.3 is 4.74 Å². The van der Waals surface area contributed by atoms with Gasteiger partial charge in [0.05, 0.1) is 6.61 Å². The third-order valence-corrected chi connectivity index (χ3v) is 1.94. The second-order valence-corrected chi connectivity index (χ2v) is 3.72. The van der Waals surface area contributed by atoms with Crippen molar-refractivity contribution in [2.24, 2.45) is 5.92 Å². The van der Waals surface area contributed by atoms with Gasteiger partial charge in [-0.1, -0.05) is 19.4 Å². The van der Waals surface area contributed by atoms with E-state index in [4.69, 9.17) is 4.74 Å². The molecule has 0 heterocycles. The van der Waals surface area contributed by atoms with E-state index in [-0.39, 0.29) is 5.97 Å². The monoisotopic (exact) mass is 184 g/mol. The first kappa shape index (κ1) is 12.2. The van der Waals surface area contributed by atoms with Crippen molar-refractivity contribution >= 4 is 5.97 Å². The first-order valence-corrected chi connectivity index (χ1v) is 4.82. The Morgan fingerprint density at radius 1 is 1.31 bits per heavy atom. The van der Waals surface area contributed by atoms with E-state index in [0.29, 0.717) is 12.5 Å². The van der Waals surface area contributed by atoms with Gasteiger partial charge >= 0.3 is 5.97 Å². The number of allylic oxidation sites excluding steroid dienone is 1. The van der Waals surface area contributed by atoms with Crippen molar-refractivity contribution in [2.75, 3.05) is 6.61 Å². The molecule has 0 aliphatic rings. The zero-order valence-corrected chi connectivity index (χ0v) is 9.31. The Balaban J connectivity index is 4.33. The topological polar surface area (TPSA) is 26.3 Å². The first-order valence-electron chi connectivity index (χ1n) is 4.82. The van der Waals surface area contributed by atoms with E-state index in [1.807, 2.05) is 20.8 Å². The molecule has 0 spiro atoms. The quantitative estimate of drug-likeness (QED) is 0.496. The van der Waals surface area contributed by atoms with Gasteiger partial charge in [0.1, 0.15) is 0 Å². The summed E-state index contributed by atoms with van der Waals surface area (Å²) < 4.78 is 4.91. The second kappa shape index (κ2) is 5.79. The number of carbonyl (C=O) groups excluding carboxylic acids is 1. The van der Waals surface area contributed by atoms with Gasteiger partial charge in [0, 0.05) is 5.57 Å². The van der Waals surface area contributed by atoms with Crippen LogP contribution in [0.3, 0.4) is 0 Å². The van der Waals surface area contributed by atoms with Crippen LogP contribution in [0, 0.1) is 5.92 Å². The lowest BCUT2D eigenvalue weighted by Gasteiger charge is -2.09. The molecule has 13 heavy (non-hydrogen) atoms. The molecular weight excluding hydrogens is 164 g/mol. The molecule has 0 amide bonds. The number of carbonyl (C=O) groups is 1. The van der Waals surface area contributed by atoms with Crippen molar-refractivity contribution in [1.82, 2.24) is 0 Å². The second-order valence-electron chi connectivity index (χ2n) is 3.72. The fourth-order valence-electron chi connectivity index (χ4n) is 1.18. The van der Waals surface area contributed by atoms with E-state index in [9.17, 15) is 4.79 Å². The molecule has 0 rings (SSSR count). The van der Waals surface area contributed by atoms with Crippen LogP contribution in [0.4, 0.5) is 0 Å². The van der Waals surface area contributed by atoms with Gasteiger partial charge in [-0.2, -0.15) is 0 Å². The summed E-state index contributed by atoms with van der Waals surface area (Å²) >= 11 is 0. The highest BCUT2D eigenvalue weighted by molar-refractivity contribution is 5.88. The van der Waals surface area contributed by atoms with Crippen LogP contribution in [0.2, 0.25) is 0 Å². The van der Waals surface area contributed by atoms with Crippen LogP contribution in [-0.2, 0) is 9.53 Å². The fourth-order valence-corrected chi connectivity index (χ4v) is 1.18. The van der Waals surface area contributed by atoms with Crippen molar-refractivity contribution in [3.05, 3.63) is 11.1 Å². The highest BCUT2D eigenvalue weighted by Gasteiger charge is 2.09. The Labute approximate surface area is 81.0 Å². The van der Waals surface area contributed by atoms with Gasteiger partial charge in [0.2, 0.25) is 0 Å². The summed E-state index contributed by atoms with van der Waals surface area (Å²) in [6.45, 7) is 10.4. The van der Waals surface area contributed by atoms with Gasteiger partial charge in [-0.3, -0.25) is 0 Å². The first-order chi connectivity index (χ1) is 5.99. The van der Waals surface area contributed by atoms with Crippen LogP contribution in [0.15, 0.2) is 11.1 Å². The molecule has 0 radical (unpaired) electrons. The summed E-state index contributed by atoms with van der Waals surface area (Å²) in [7, 11) is 0. The van der Waals surface area contributed by atoms with Crippen LogP contribution in [0.5, 0.6) is 0 Å². The molecule has 0 aliphatic carbocycles. The molecular formula is C11H20O2. The number of rotatable bonds is 4. The Kier molecular flexibility index (Phi) is 5.44. The summed E-state index contributed by atoms with van der Waals surface area (Å²) in [6, 6.07) is 0. The van der Waals surface area contributed by atoms with E-state index in [0.717, 1.165) is 17.6 Å². The Morgan fingerprint density at radius 3 is 2.23 bits per heavy atom. The highest BCUT2D eigenvalue weighted by atomic mass is 16.5. The molecule has 0 atom stereocenters. The zero-order chi connectivity index (χ0) is 10.4. The minimum atomic E-state index is -0.180. The fraction of sp³-hybridized carbons (Fsp3) is 0.727. The molecule has 0 aromatic carbocycles. The van der Waals surface area contributed by atoms with Gasteiger partial charge in [0.25, 0.3) is 0 Å². The van der Waals surface area contributed by atoms with E-state index in [1.54, 1.807) is 0 Å². The predicted molar refractivity (Wildman–Crippen MR) is 54.5 cm³/mol. The molecule has 0 aromatic heterocycles. The van der Waals surface area contributed by atoms with Gasteiger partial charge in [0.15, 0.2) is 0 Å². The third kappa shape index (κ3) is 4.71. The van der Waals surface area contributed by atoms with E-state index < -0.39 is 0 Å². The molecule has 2 heteroatoms. The van der Waals surface area contributed by atoms with Crippen LogP contribution in [-0.4, -0.2) is 12.6 Å². The molecule has 0 fully saturated rings. The molecule has 0 saturated carbocycles. The summed E-state index contributed by atoms with van der Waals surface area (Å²) in [4.78, 5) is 11.3. The Morgan fingerprint density at radius 2 is 1.85 bits per heavy atom. The van der Waals surface area contributed by atoms with Crippen molar-refractivity contribution in [3.8, 4) is 0 Å². The minimum absolute atomic E-state index is 0.180. The Hall–Kier alpha value is -0.790. The average molecular weight is 184 g/mol. The van der Waals surface area contributed by atoms with Crippen molar-refractivity contribution in [2.45, 2.75) is 41.0 Å². The van der Waals surface area contributed by atoms with E-state index >= 15 is 0 Å². The summed E-state index contributed by atoms with van der Waals surface area (Å²) in [5, 5.41) is 0. The zero-order valence-electron chi connectivity index (χ0n) is 9.31. The predicted octanol–water partition coefficient (Wildman–Crippen LogP) is 2.93. The normalized spacial score (nSPS) is 12.8. The maximum absolute atomic E-state index is 11.3. The molecule has 0 aliphatic heterocycles. The lowest BCUT2D eigenvalue weighted by Crippen LogP contribution is -2.07. The van der Waals surface area contributed by atoms with Crippen molar-refractivity contribution in [1.29, 1.82) is 0 Å². The Bertz CT molecular complexity index is 202. The number of hydrogen-bond acceptors (Lipinski definition) is 2. The largest absolute Gasteiger partial charge is 0.463 e. The van der Waals surface area contributed by atoms with Gasteiger partial charge in [-0.25, -0.2) is 4.79 Å². The summed E-state index contributed by atoms with van der Waals surface area (Å²) in [5.74, 6) is 0.407. The van der Waals surface area contributed by atoms with Gasteiger partial charge in [-0.05, 0) is 33.1 Å². The molecule has 0 N–H and O–H groups in total. The minimum Gasteiger partial charge on any atom is -0.463 e. The lowest BCUT2D eigenvalue weighted by atomic mass is 10.0. The molecule has 0 saturated heterocycles. The summed E-state index contributed by atoms with van der Waals surface area (Å²) in [5.41, 5.74) is 1.89. The van der Waals surface area contributed by atoms with Crippen LogP contribution in [0.1, 0.15) is 41.0 Å². The molecule has 2 nitrogen and oxygen atoms in total. The van der Waals surface area contributed by atoms with Crippen LogP contribution < -0.4 is 0 Å². The van der Waals surface area contributed by atoms with Crippen molar-refractivity contribution in [3.63, 3.8) is 0 Å². The number of hydrogen-bond donors (Lipinski definition) is 0. The number of esters is 1. The van der Waals surface area contributed by atoms with E-state index in [2.05, 4.69) is 13.8 Å². The SMILES string of the molecule is CCOC(=O)C(C)=C(C)CC(C)C.